The molecule has 1 aromatic rings. The zero-order chi connectivity index (χ0) is 10.7. The highest BCUT2D eigenvalue weighted by Gasteiger charge is 2.10. The van der Waals surface area contributed by atoms with Gasteiger partial charge in [0.05, 0.1) is 6.61 Å². The van der Waals surface area contributed by atoms with Crippen LogP contribution in [0.4, 0.5) is 0 Å². The molecule has 78 valence electrons. The molecule has 0 amide bonds. The normalized spacial score (nSPS) is 12.9. The van der Waals surface area contributed by atoms with Crippen LogP contribution in [-0.4, -0.2) is 6.61 Å². The van der Waals surface area contributed by atoms with E-state index in [9.17, 15) is 4.57 Å². The highest BCUT2D eigenvalue weighted by atomic mass is 31.1. The lowest BCUT2D eigenvalue weighted by molar-refractivity contribution is 0.357. The monoisotopic (exact) mass is 212 g/mol. The first-order valence-electron chi connectivity index (χ1n) is 4.81. The Hall–Kier alpha value is -0.590. The molecule has 0 N–H and O–H groups in total. The third-order valence-corrected chi connectivity index (χ3v) is 3.90. The van der Waals surface area contributed by atoms with Gasteiger partial charge < -0.3 is 4.52 Å². The summed E-state index contributed by atoms with van der Waals surface area (Å²) in [5.74, 6) is 0. The summed E-state index contributed by atoms with van der Waals surface area (Å²) in [5, 5.41) is 0.891. The Balaban J connectivity index is 3.14. The molecule has 0 aliphatic carbocycles. The minimum absolute atomic E-state index is 0.505. The summed E-state index contributed by atoms with van der Waals surface area (Å²) in [6.45, 7) is 8.38. The first-order chi connectivity index (χ1) is 6.56. The SMILES string of the molecule is CCO[PH](=O)c1c(C)cc(C)cc1C. The zero-order valence-corrected chi connectivity index (χ0v) is 10.2. The van der Waals surface area contributed by atoms with E-state index in [0.29, 0.717) is 6.61 Å². The predicted octanol–water partition coefficient (Wildman–Crippen LogP) is 2.75. The van der Waals surface area contributed by atoms with Crippen LogP contribution < -0.4 is 5.30 Å². The molecular weight excluding hydrogens is 195 g/mol. The van der Waals surface area contributed by atoms with E-state index in [1.165, 1.54) is 5.56 Å². The maximum atomic E-state index is 11.8. The number of hydrogen-bond acceptors (Lipinski definition) is 2. The molecule has 0 saturated heterocycles. The van der Waals surface area contributed by atoms with E-state index in [-0.39, 0.29) is 0 Å². The number of aryl methyl sites for hydroxylation is 3. The van der Waals surface area contributed by atoms with Gasteiger partial charge in [0, 0.05) is 5.30 Å². The Bertz CT molecular complexity index is 335. The van der Waals surface area contributed by atoms with Crippen LogP contribution in [0.5, 0.6) is 0 Å². The zero-order valence-electron chi connectivity index (χ0n) is 9.18. The minimum Gasteiger partial charge on any atom is -0.328 e. The van der Waals surface area contributed by atoms with Crippen LogP contribution in [0.2, 0.25) is 0 Å². The van der Waals surface area contributed by atoms with E-state index in [0.717, 1.165) is 16.4 Å². The van der Waals surface area contributed by atoms with E-state index >= 15 is 0 Å². The quantitative estimate of drug-likeness (QED) is 0.720. The molecule has 0 fully saturated rings. The molecule has 0 aliphatic heterocycles. The number of benzene rings is 1. The molecule has 0 aliphatic rings. The summed E-state index contributed by atoms with van der Waals surface area (Å²) in [5.41, 5.74) is 3.34. The van der Waals surface area contributed by atoms with Crippen molar-refractivity contribution in [2.75, 3.05) is 6.61 Å². The van der Waals surface area contributed by atoms with Gasteiger partial charge in [-0.1, -0.05) is 17.7 Å². The molecule has 1 rings (SSSR count). The molecule has 14 heavy (non-hydrogen) atoms. The maximum absolute atomic E-state index is 11.8. The summed E-state index contributed by atoms with van der Waals surface area (Å²) in [4.78, 5) is 0. The van der Waals surface area contributed by atoms with Crippen LogP contribution in [-0.2, 0) is 9.09 Å². The van der Waals surface area contributed by atoms with Crippen molar-refractivity contribution in [1.29, 1.82) is 0 Å². The fourth-order valence-electron chi connectivity index (χ4n) is 1.71. The molecule has 1 atom stereocenters. The van der Waals surface area contributed by atoms with Gasteiger partial charge >= 0.3 is 0 Å². The van der Waals surface area contributed by atoms with Gasteiger partial charge in [0.25, 0.3) is 0 Å². The van der Waals surface area contributed by atoms with Gasteiger partial charge in [-0.3, -0.25) is 4.57 Å². The van der Waals surface area contributed by atoms with Crippen molar-refractivity contribution >= 4 is 13.3 Å². The average molecular weight is 212 g/mol. The van der Waals surface area contributed by atoms with E-state index in [1.54, 1.807) is 0 Å². The number of rotatable bonds is 3. The van der Waals surface area contributed by atoms with Crippen molar-refractivity contribution in [1.82, 2.24) is 0 Å². The van der Waals surface area contributed by atoms with Crippen LogP contribution >= 0.6 is 8.03 Å². The standard InChI is InChI=1S/C11H17O2P/c1-5-13-14(12)11-9(3)6-8(2)7-10(11)4/h6-7,14H,5H2,1-4H3. The van der Waals surface area contributed by atoms with Gasteiger partial charge in [0.15, 0.2) is 0 Å². The van der Waals surface area contributed by atoms with Gasteiger partial charge in [-0.25, -0.2) is 0 Å². The van der Waals surface area contributed by atoms with E-state index in [1.807, 2.05) is 39.8 Å². The smallest absolute Gasteiger partial charge is 0.221 e. The Kier molecular flexibility index (Phi) is 3.91. The van der Waals surface area contributed by atoms with Gasteiger partial charge in [-0.2, -0.15) is 0 Å². The van der Waals surface area contributed by atoms with Crippen molar-refractivity contribution in [2.45, 2.75) is 27.7 Å². The predicted molar refractivity (Wildman–Crippen MR) is 60.9 cm³/mol. The summed E-state index contributed by atoms with van der Waals surface area (Å²) < 4.78 is 16.9. The van der Waals surface area contributed by atoms with E-state index in [4.69, 9.17) is 4.52 Å². The van der Waals surface area contributed by atoms with E-state index in [2.05, 4.69) is 0 Å². The highest BCUT2D eigenvalue weighted by Crippen LogP contribution is 2.25. The Morgan fingerprint density at radius 2 is 1.71 bits per heavy atom. The molecule has 2 nitrogen and oxygen atoms in total. The molecule has 1 unspecified atom stereocenters. The van der Waals surface area contributed by atoms with Crippen molar-refractivity contribution in [2.24, 2.45) is 0 Å². The summed E-state index contributed by atoms with van der Waals surface area (Å²) in [7, 11) is -2.04. The van der Waals surface area contributed by atoms with Gasteiger partial charge in [0.1, 0.15) is 0 Å². The molecule has 0 aromatic heterocycles. The van der Waals surface area contributed by atoms with Crippen LogP contribution in [0.15, 0.2) is 12.1 Å². The summed E-state index contributed by atoms with van der Waals surface area (Å²) in [6, 6.07) is 4.09. The molecule has 0 heterocycles. The second-order valence-corrected chi connectivity index (χ2v) is 4.86. The molecule has 0 spiro atoms. The molecular formula is C11H17O2P. The van der Waals surface area contributed by atoms with Crippen molar-refractivity contribution < 1.29 is 9.09 Å². The van der Waals surface area contributed by atoms with E-state index < -0.39 is 8.03 Å². The third-order valence-electron chi connectivity index (χ3n) is 2.16. The van der Waals surface area contributed by atoms with Crippen molar-refractivity contribution in [3.8, 4) is 0 Å². The first-order valence-corrected chi connectivity index (χ1v) is 6.13. The molecule has 3 heteroatoms. The minimum atomic E-state index is -2.04. The third kappa shape index (κ3) is 2.46. The topological polar surface area (TPSA) is 26.3 Å². The Labute approximate surface area is 86.2 Å². The highest BCUT2D eigenvalue weighted by molar-refractivity contribution is 7.48. The van der Waals surface area contributed by atoms with Crippen LogP contribution in [0.3, 0.4) is 0 Å². The van der Waals surface area contributed by atoms with Crippen molar-refractivity contribution in [3.05, 3.63) is 28.8 Å². The van der Waals surface area contributed by atoms with Crippen LogP contribution in [0, 0.1) is 20.8 Å². The summed E-state index contributed by atoms with van der Waals surface area (Å²) in [6.07, 6.45) is 0. The van der Waals surface area contributed by atoms with Gasteiger partial charge in [-0.05, 0) is 38.8 Å². The van der Waals surface area contributed by atoms with Gasteiger partial charge in [-0.15, -0.1) is 0 Å². The molecule has 0 radical (unpaired) electrons. The lowest BCUT2D eigenvalue weighted by Crippen LogP contribution is -2.08. The lowest BCUT2D eigenvalue weighted by atomic mass is 10.1. The van der Waals surface area contributed by atoms with Crippen molar-refractivity contribution in [3.63, 3.8) is 0 Å². The number of hydrogen-bond donors (Lipinski definition) is 0. The first kappa shape index (κ1) is 11.5. The average Bonchev–Trinajstić information content (AvgIpc) is 2.01. The molecule has 0 bridgehead atoms. The lowest BCUT2D eigenvalue weighted by Gasteiger charge is -2.10. The van der Waals surface area contributed by atoms with Gasteiger partial charge in [0.2, 0.25) is 8.03 Å². The second kappa shape index (κ2) is 4.77. The Morgan fingerprint density at radius 1 is 1.21 bits per heavy atom. The summed E-state index contributed by atoms with van der Waals surface area (Å²) >= 11 is 0. The van der Waals surface area contributed by atoms with Crippen LogP contribution in [0.25, 0.3) is 0 Å². The largest absolute Gasteiger partial charge is 0.328 e. The molecule has 1 aromatic carbocycles. The second-order valence-electron chi connectivity index (χ2n) is 3.49. The fourth-order valence-corrected chi connectivity index (χ4v) is 2.90. The maximum Gasteiger partial charge on any atom is 0.221 e. The fraction of sp³-hybridized carbons (Fsp3) is 0.455. The Morgan fingerprint density at radius 3 is 2.14 bits per heavy atom. The molecule has 0 saturated carbocycles. The van der Waals surface area contributed by atoms with Crippen LogP contribution in [0.1, 0.15) is 23.6 Å².